The third kappa shape index (κ3) is 3.33. The van der Waals surface area contributed by atoms with E-state index in [4.69, 9.17) is 9.47 Å². The number of halogens is 2. The van der Waals surface area contributed by atoms with Crippen molar-refractivity contribution in [3.05, 3.63) is 64.6 Å². The van der Waals surface area contributed by atoms with E-state index in [1.165, 1.54) is 0 Å². The zero-order valence-corrected chi connectivity index (χ0v) is 16.4. The van der Waals surface area contributed by atoms with Gasteiger partial charge >= 0.3 is 0 Å². The number of carbonyl (C=O) groups excluding carboxylic acids is 1. The van der Waals surface area contributed by atoms with Crippen LogP contribution in [0.25, 0.3) is 5.65 Å². The van der Waals surface area contributed by atoms with Crippen molar-refractivity contribution >= 4 is 11.6 Å². The molecule has 152 valence electrons. The predicted octanol–water partition coefficient (Wildman–Crippen LogP) is 3.50. The summed E-state index contributed by atoms with van der Waals surface area (Å²) in [5.41, 5.74) is 2.03. The molecule has 0 saturated heterocycles. The molecule has 1 atom stereocenters. The van der Waals surface area contributed by atoms with Crippen molar-refractivity contribution < 1.29 is 23.0 Å². The minimum Gasteiger partial charge on any atom is -0.493 e. The lowest BCUT2D eigenvalue weighted by Crippen LogP contribution is -2.46. The van der Waals surface area contributed by atoms with E-state index in [9.17, 15) is 13.6 Å². The van der Waals surface area contributed by atoms with Crippen molar-refractivity contribution in [1.29, 1.82) is 0 Å². The van der Waals surface area contributed by atoms with Gasteiger partial charge < -0.3 is 19.2 Å². The molecule has 0 fully saturated rings. The van der Waals surface area contributed by atoms with Crippen molar-refractivity contribution in [3.63, 3.8) is 0 Å². The Balaban J connectivity index is 1.72. The van der Waals surface area contributed by atoms with Crippen LogP contribution in [0.4, 0.5) is 8.78 Å². The molecule has 0 bridgehead atoms. The van der Waals surface area contributed by atoms with Crippen LogP contribution in [0.15, 0.2) is 30.5 Å². The van der Waals surface area contributed by atoms with Crippen LogP contribution in [0, 0.1) is 18.6 Å². The molecule has 8 heteroatoms. The van der Waals surface area contributed by atoms with Gasteiger partial charge in [0.05, 0.1) is 30.0 Å². The van der Waals surface area contributed by atoms with Crippen LogP contribution in [-0.4, -0.2) is 29.0 Å². The molecule has 1 aliphatic heterocycles. The molecule has 1 N–H and O–H groups in total. The number of fused-ring (bicyclic) bond motifs is 2. The lowest BCUT2D eigenvalue weighted by Gasteiger charge is -2.36. The van der Waals surface area contributed by atoms with Gasteiger partial charge in [-0.2, -0.15) is 0 Å². The lowest BCUT2D eigenvalue weighted by atomic mass is 9.86. The predicted molar refractivity (Wildman–Crippen MR) is 102 cm³/mol. The SMILES string of the molecule is COCc1cc(C)nc2c(C(=O)NC3(C)CCOc4cc(F)c(F)cc43)ccn12. The first-order chi connectivity index (χ1) is 13.8. The van der Waals surface area contributed by atoms with Crippen molar-refractivity contribution in [2.24, 2.45) is 0 Å². The summed E-state index contributed by atoms with van der Waals surface area (Å²) in [6.07, 6.45) is 2.18. The summed E-state index contributed by atoms with van der Waals surface area (Å²) in [6.45, 7) is 4.28. The first-order valence-electron chi connectivity index (χ1n) is 9.24. The molecule has 3 heterocycles. The second kappa shape index (κ2) is 7.11. The molecule has 0 radical (unpaired) electrons. The Kier molecular flexibility index (Phi) is 4.74. The molecule has 4 rings (SSSR count). The van der Waals surface area contributed by atoms with Gasteiger partial charge in [-0.15, -0.1) is 0 Å². The topological polar surface area (TPSA) is 64.9 Å². The number of amides is 1. The van der Waals surface area contributed by atoms with Crippen molar-refractivity contribution in [2.75, 3.05) is 13.7 Å². The maximum atomic E-state index is 13.9. The summed E-state index contributed by atoms with van der Waals surface area (Å²) >= 11 is 0. The second-order valence-corrected chi connectivity index (χ2v) is 7.39. The number of ether oxygens (including phenoxy) is 2. The number of aryl methyl sites for hydroxylation is 1. The largest absolute Gasteiger partial charge is 0.493 e. The summed E-state index contributed by atoms with van der Waals surface area (Å²) in [5, 5.41) is 2.97. The van der Waals surface area contributed by atoms with E-state index in [1.807, 2.05) is 13.0 Å². The van der Waals surface area contributed by atoms with Gasteiger partial charge in [-0.05, 0) is 32.0 Å². The maximum Gasteiger partial charge on any atom is 0.255 e. The molecule has 1 aromatic carbocycles. The lowest BCUT2D eigenvalue weighted by molar-refractivity contribution is 0.0874. The second-order valence-electron chi connectivity index (χ2n) is 7.39. The number of rotatable bonds is 4. The average Bonchev–Trinajstić information content (AvgIpc) is 3.08. The summed E-state index contributed by atoms with van der Waals surface area (Å²) in [4.78, 5) is 17.6. The van der Waals surface area contributed by atoms with Gasteiger partial charge in [0.1, 0.15) is 11.4 Å². The van der Waals surface area contributed by atoms with E-state index in [1.54, 1.807) is 30.7 Å². The van der Waals surface area contributed by atoms with Gasteiger partial charge in [0.15, 0.2) is 11.6 Å². The van der Waals surface area contributed by atoms with E-state index in [0.717, 1.165) is 23.5 Å². The summed E-state index contributed by atoms with van der Waals surface area (Å²) in [5.74, 6) is -2.08. The fourth-order valence-corrected chi connectivity index (χ4v) is 3.74. The molecule has 1 aliphatic rings. The number of methoxy groups -OCH3 is 1. The Labute approximate surface area is 166 Å². The average molecular weight is 401 g/mol. The smallest absolute Gasteiger partial charge is 0.255 e. The first kappa shape index (κ1) is 19.3. The van der Waals surface area contributed by atoms with Crippen LogP contribution in [0.1, 0.15) is 40.7 Å². The molecule has 0 spiro atoms. The van der Waals surface area contributed by atoms with Crippen LogP contribution in [0.3, 0.4) is 0 Å². The normalized spacial score (nSPS) is 18.4. The van der Waals surface area contributed by atoms with Gasteiger partial charge in [0.2, 0.25) is 0 Å². The molecule has 0 aliphatic carbocycles. The van der Waals surface area contributed by atoms with Gasteiger partial charge in [0, 0.05) is 37.1 Å². The first-order valence-corrected chi connectivity index (χ1v) is 9.24. The molecule has 1 amide bonds. The Hall–Kier alpha value is -3.00. The van der Waals surface area contributed by atoms with E-state index in [0.29, 0.717) is 29.8 Å². The number of benzene rings is 1. The van der Waals surface area contributed by atoms with Gasteiger partial charge in [-0.1, -0.05) is 0 Å². The molecule has 2 aromatic heterocycles. The number of hydrogen-bond donors (Lipinski definition) is 1. The number of hydrogen-bond acceptors (Lipinski definition) is 4. The Morgan fingerprint density at radius 1 is 1.34 bits per heavy atom. The van der Waals surface area contributed by atoms with Gasteiger partial charge in [-0.25, -0.2) is 13.8 Å². The molecule has 3 aromatic rings. The molecule has 1 unspecified atom stereocenters. The molecule has 29 heavy (non-hydrogen) atoms. The highest BCUT2D eigenvalue weighted by Gasteiger charge is 2.36. The molecule has 6 nitrogen and oxygen atoms in total. The fourth-order valence-electron chi connectivity index (χ4n) is 3.74. The standard InChI is InChI=1S/C21H21F2N3O3/c1-12-8-13(11-28-3)26-6-4-14(19(26)24-12)20(27)25-21(2)5-7-29-18-10-17(23)16(22)9-15(18)21/h4,6,8-10H,5,7,11H2,1-3H3,(H,25,27). The Morgan fingerprint density at radius 2 is 2.10 bits per heavy atom. The number of nitrogens with one attached hydrogen (secondary N) is 1. The van der Waals surface area contributed by atoms with Gasteiger partial charge in [-0.3, -0.25) is 4.79 Å². The Morgan fingerprint density at radius 3 is 2.86 bits per heavy atom. The van der Waals surface area contributed by atoms with Gasteiger partial charge in [0.25, 0.3) is 5.91 Å². The number of nitrogens with zero attached hydrogens (tertiary/aromatic N) is 2. The maximum absolute atomic E-state index is 13.9. The molecule has 0 saturated carbocycles. The van der Waals surface area contributed by atoms with Crippen molar-refractivity contribution in [3.8, 4) is 5.75 Å². The highest BCUT2D eigenvalue weighted by atomic mass is 19.2. The highest BCUT2D eigenvalue weighted by molar-refractivity contribution is 6.00. The van der Waals surface area contributed by atoms with Crippen LogP contribution in [0.5, 0.6) is 5.75 Å². The van der Waals surface area contributed by atoms with E-state index in [2.05, 4.69) is 10.3 Å². The molecular weight excluding hydrogens is 380 g/mol. The van der Waals surface area contributed by atoms with E-state index < -0.39 is 17.2 Å². The fraction of sp³-hybridized carbons (Fsp3) is 0.333. The Bertz CT molecular complexity index is 1110. The van der Waals surface area contributed by atoms with Crippen molar-refractivity contribution in [2.45, 2.75) is 32.4 Å². The monoisotopic (exact) mass is 401 g/mol. The highest BCUT2D eigenvalue weighted by Crippen LogP contribution is 2.38. The van der Waals surface area contributed by atoms with E-state index in [-0.39, 0.29) is 18.3 Å². The summed E-state index contributed by atoms with van der Waals surface area (Å²) in [6, 6.07) is 5.68. The number of aromatic nitrogens is 2. The van der Waals surface area contributed by atoms with Crippen LogP contribution >= 0.6 is 0 Å². The molecular formula is C21H21F2N3O3. The van der Waals surface area contributed by atoms with Crippen LogP contribution < -0.4 is 10.1 Å². The quantitative estimate of drug-likeness (QED) is 0.727. The third-order valence-corrected chi connectivity index (χ3v) is 5.23. The van der Waals surface area contributed by atoms with Crippen LogP contribution in [0.2, 0.25) is 0 Å². The summed E-state index contributed by atoms with van der Waals surface area (Å²) in [7, 11) is 1.60. The van der Waals surface area contributed by atoms with E-state index >= 15 is 0 Å². The summed E-state index contributed by atoms with van der Waals surface area (Å²) < 4.78 is 40.0. The third-order valence-electron chi connectivity index (χ3n) is 5.23. The zero-order valence-electron chi connectivity index (χ0n) is 16.4. The van der Waals surface area contributed by atoms with Crippen molar-refractivity contribution in [1.82, 2.24) is 14.7 Å². The number of carbonyl (C=O) groups is 1. The van der Waals surface area contributed by atoms with Crippen LogP contribution in [-0.2, 0) is 16.9 Å². The minimum atomic E-state index is -0.983. The minimum absolute atomic E-state index is 0.232. The zero-order chi connectivity index (χ0) is 20.8.